The second-order valence-corrected chi connectivity index (χ2v) is 8.94. The predicted molar refractivity (Wildman–Crippen MR) is 79.9 cm³/mol. The van der Waals surface area contributed by atoms with E-state index in [0.717, 1.165) is 6.07 Å². The average Bonchev–Trinajstić information content (AvgIpc) is 2.68. The molecule has 0 radical (unpaired) electrons. The smallest absolute Gasteiger partial charge is 0.287 e. The first-order valence-electron chi connectivity index (χ1n) is 5.46. The average molecular weight is 407 g/mol. The molecule has 0 aromatic carbocycles. The number of halogens is 2. The minimum absolute atomic E-state index is 0.125. The SMILES string of the molecule is CC(CCS(C)=O)NC(=O)c1cc(S(=O)(=O)Cl)c(Br)o1. The van der Waals surface area contributed by atoms with E-state index in [9.17, 15) is 17.4 Å². The minimum atomic E-state index is -3.98. The summed E-state index contributed by atoms with van der Waals surface area (Å²) in [4.78, 5) is 11.6. The molecule has 10 heteroatoms. The molecule has 0 aliphatic carbocycles. The van der Waals surface area contributed by atoms with Crippen molar-refractivity contribution >= 4 is 52.4 Å². The van der Waals surface area contributed by atoms with Crippen LogP contribution in [0.5, 0.6) is 0 Å². The quantitative estimate of drug-likeness (QED) is 0.728. The summed E-state index contributed by atoms with van der Waals surface area (Å²) < 4.78 is 38.2. The molecule has 0 aliphatic heterocycles. The van der Waals surface area contributed by atoms with Gasteiger partial charge in [0.25, 0.3) is 15.0 Å². The molecule has 114 valence electrons. The Balaban J connectivity index is 2.76. The van der Waals surface area contributed by atoms with Gasteiger partial charge in [0.05, 0.1) is 0 Å². The highest BCUT2D eigenvalue weighted by Gasteiger charge is 2.23. The zero-order valence-corrected chi connectivity index (χ0v) is 14.7. The molecule has 0 spiro atoms. The molecule has 1 N–H and O–H groups in total. The Morgan fingerprint density at radius 1 is 1.60 bits per heavy atom. The van der Waals surface area contributed by atoms with Crippen molar-refractivity contribution in [2.45, 2.75) is 24.3 Å². The molecular formula is C10H13BrClNO5S2. The summed E-state index contributed by atoms with van der Waals surface area (Å²) in [7, 11) is 0.268. The first kappa shape index (κ1) is 17.7. The van der Waals surface area contributed by atoms with Crippen molar-refractivity contribution in [3.05, 3.63) is 16.5 Å². The lowest BCUT2D eigenvalue weighted by Crippen LogP contribution is -2.33. The summed E-state index contributed by atoms with van der Waals surface area (Å²) >= 11 is 2.89. The minimum Gasteiger partial charge on any atom is -0.443 e. The third-order valence-electron chi connectivity index (χ3n) is 2.36. The van der Waals surface area contributed by atoms with Crippen molar-refractivity contribution < 1.29 is 21.8 Å². The summed E-state index contributed by atoms with van der Waals surface area (Å²) in [5.41, 5.74) is 0. The fraction of sp³-hybridized carbons (Fsp3) is 0.500. The molecule has 0 saturated heterocycles. The van der Waals surface area contributed by atoms with Crippen LogP contribution in [0.3, 0.4) is 0 Å². The Bertz CT molecular complexity index is 628. The van der Waals surface area contributed by atoms with Gasteiger partial charge >= 0.3 is 0 Å². The first-order chi connectivity index (χ1) is 9.11. The molecule has 6 nitrogen and oxygen atoms in total. The molecule has 2 unspecified atom stereocenters. The zero-order chi connectivity index (χ0) is 15.5. The Kier molecular flexibility index (Phi) is 6.24. The number of rotatable bonds is 6. The van der Waals surface area contributed by atoms with Gasteiger partial charge in [0.15, 0.2) is 10.4 Å². The number of carbonyl (C=O) groups is 1. The zero-order valence-electron chi connectivity index (χ0n) is 10.7. The first-order valence-corrected chi connectivity index (χ1v) is 10.3. The van der Waals surface area contributed by atoms with Gasteiger partial charge in [0.1, 0.15) is 4.90 Å². The summed E-state index contributed by atoms with van der Waals surface area (Å²) in [6, 6.07) is 0.832. The van der Waals surface area contributed by atoms with E-state index in [4.69, 9.17) is 15.1 Å². The summed E-state index contributed by atoms with van der Waals surface area (Å²) in [6.07, 6.45) is 2.12. The van der Waals surface area contributed by atoms with E-state index >= 15 is 0 Å². The number of carbonyl (C=O) groups excluding carboxylic acids is 1. The van der Waals surface area contributed by atoms with E-state index in [1.54, 1.807) is 13.2 Å². The van der Waals surface area contributed by atoms with Crippen molar-refractivity contribution in [2.75, 3.05) is 12.0 Å². The fourth-order valence-corrected chi connectivity index (χ4v) is 4.06. The lowest BCUT2D eigenvalue weighted by molar-refractivity contribution is 0.0910. The van der Waals surface area contributed by atoms with Crippen molar-refractivity contribution in [1.82, 2.24) is 5.32 Å². The van der Waals surface area contributed by atoms with Crippen molar-refractivity contribution in [2.24, 2.45) is 0 Å². The summed E-state index contributed by atoms with van der Waals surface area (Å²) in [6.45, 7) is 1.75. The number of hydrogen-bond donors (Lipinski definition) is 1. The van der Waals surface area contributed by atoms with Crippen LogP contribution in [0.1, 0.15) is 23.9 Å². The van der Waals surface area contributed by atoms with E-state index in [2.05, 4.69) is 21.2 Å². The van der Waals surface area contributed by atoms with Gasteiger partial charge in [-0.15, -0.1) is 0 Å². The van der Waals surface area contributed by atoms with E-state index in [1.165, 1.54) is 0 Å². The van der Waals surface area contributed by atoms with Crippen LogP contribution in [-0.4, -0.2) is 36.6 Å². The van der Waals surface area contributed by atoms with E-state index in [-0.39, 0.29) is 21.4 Å². The lowest BCUT2D eigenvalue weighted by atomic mass is 10.2. The number of hydrogen-bond acceptors (Lipinski definition) is 5. The fourth-order valence-electron chi connectivity index (χ4n) is 1.34. The summed E-state index contributed by atoms with van der Waals surface area (Å²) in [5, 5.41) is 2.62. The van der Waals surface area contributed by atoms with Gasteiger partial charge in [-0.3, -0.25) is 9.00 Å². The Morgan fingerprint density at radius 2 is 2.20 bits per heavy atom. The van der Waals surface area contributed by atoms with E-state index in [1.807, 2.05) is 0 Å². The molecule has 1 amide bonds. The molecule has 1 rings (SSSR count). The van der Waals surface area contributed by atoms with Crippen LogP contribution in [0.4, 0.5) is 0 Å². The van der Waals surface area contributed by atoms with Crippen LogP contribution in [-0.2, 0) is 19.9 Å². The summed E-state index contributed by atoms with van der Waals surface area (Å²) in [5.74, 6) is -0.267. The number of amides is 1. The van der Waals surface area contributed by atoms with Gasteiger partial charge in [0.2, 0.25) is 0 Å². The maximum absolute atomic E-state index is 11.9. The predicted octanol–water partition coefficient (Wildman–Crippen LogP) is 1.86. The highest BCUT2D eigenvalue weighted by Crippen LogP contribution is 2.28. The van der Waals surface area contributed by atoms with Crippen LogP contribution in [0.2, 0.25) is 0 Å². The van der Waals surface area contributed by atoms with Crippen LogP contribution in [0, 0.1) is 0 Å². The Morgan fingerprint density at radius 3 is 2.65 bits per heavy atom. The van der Waals surface area contributed by atoms with Crippen molar-refractivity contribution in [1.29, 1.82) is 0 Å². The third-order valence-corrected chi connectivity index (χ3v) is 5.35. The molecule has 1 aromatic rings. The van der Waals surface area contributed by atoms with Crippen molar-refractivity contribution in [3.63, 3.8) is 0 Å². The molecule has 1 heterocycles. The van der Waals surface area contributed by atoms with Crippen molar-refractivity contribution in [3.8, 4) is 0 Å². The van der Waals surface area contributed by atoms with Crippen LogP contribution in [0.25, 0.3) is 0 Å². The highest BCUT2D eigenvalue weighted by atomic mass is 79.9. The number of furan rings is 1. The molecule has 0 fully saturated rings. The molecule has 20 heavy (non-hydrogen) atoms. The maximum atomic E-state index is 11.9. The lowest BCUT2D eigenvalue weighted by Gasteiger charge is -2.11. The van der Waals surface area contributed by atoms with Crippen LogP contribution in [0.15, 0.2) is 20.0 Å². The van der Waals surface area contributed by atoms with Gasteiger partial charge in [-0.05, 0) is 29.3 Å². The van der Waals surface area contributed by atoms with E-state index < -0.39 is 25.8 Å². The van der Waals surface area contributed by atoms with Gasteiger partial charge in [0, 0.05) is 45.6 Å². The number of nitrogens with one attached hydrogen (secondary N) is 1. The molecule has 2 atom stereocenters. The molecule has 0 bridgehead atoms. The standard InChI is InChI=1S/C10H13BrClNO5S2/c1-6(3-4-19(2)15)13-10(14)7-5-8(9(11)18-7)20(12,16)17/h5-6H,3-4H2,1-2H3,(H,13,14). The normalized spacial score (nSPS) is 14.8. The Hall–Kier alpha value is -0.380. The largest absolute Gasteiger partial charge is 0.443 e. The van der Waals surface area contributed by atoms with Crippen LogP contribution >= 0.6 is 26.6 Å². The Labute approximate surface area is 132 Å². The van der Waals surface area contributed by atoms with Gasteiger partial charge in [-0.2, -0.15) is 0 Å². The topological polar surface area (TPSA) is 93.5 Å². The third kappa shape index (κ3) is 5.19. The monoisotopic (exact) mass is 405 g/mol. The second kappa shape index (κ2) is 7.06. The van der Waals surface area contributed by atoms with E-state index in [0.29, 0.717) is 12.2 Å². The van der Waals surface area contributed by atoms with Gasteiger partial charge in [-0.25, -0.2) is 8.42 Å². The second-order valence-electron chi connectivity index (χ2n) is 4.13. The molecular weight excluding hydrogens is 394 g/mol. The highest BCUT2D eigenvalue weighted by molar-refractivity contribution is 9.10. The van der Waals surface area contributed by atoms with Crippen LogP contribution < -0.4 is 5.32 Å². The molecule has 1 aromatic heterocycles. The molecule has 0 saturated carbocycles. The van der Waals surface area contributed by atoms with Gasteiger partial charge in [-0.1, -0.05) is 0 Å². The maximum Gasteiger partial charge on any atom is 0.287 e. The molecule has 0 aliphatic rings. The van der Waals surface area contributed by atoms with Gasteiger partial charge < -0.3 is 9.73 Å².